The molecule has 6 heteroatoms. The van der Waals surface area contributed by atoms with Crippen LogP contribution in [0.25, 0.3) is 0 Å². The minimum absolute atomic E-state index is 0.105. The maximum Gasteiger partial charge on any atom is 0.164 e. The predicted molar refractivity (Wildman–Crippen MR) is 63.8 cm³/mol. The first-order valence-corrected chi connectivity index (χ1v) is 8.17. The minimum Gasteiger partial charge on any atom is -0.350 e. The SMILES string of the molecule is O=C(CC1OCCO1)C1CC2CCC(C1)S2(=O)=O. The van der Waals surface area contributed by atoms with Crippen LogP contribution in [0.1, 0.15) is 32.1 Å². The second-order valence-electron chi connectivity index (χ2n) is 5.42. The van der Waals surface area contributed by atoms with Crippen molar-refractivity contribution in [3.8, 4) is 0 Å². The molecule has 0 spiro atoms. The van der Waals surface area contributed by atoms with Crippen molar-refractivity contribution >= 4 is 15.6 Å². The van der Waals surface area contributed by atoms with Crippen LogP contribution in [0.2, 0.25) is 0 Å². The second-order valence-corrected chi connectivity index (χ2v) is 7.93. The molecular weight excluding hydrogens is 256 g/mol. The van der Waals surface area contributed by atoms with E-state index in [1.165, 1.54) is 0 Å². The summed E-state index contributed by atoms with van der Waals surface area (Å²) >= 11 is 0. The van der Waals surface area contributed by atoms with Crippen LogP contribution in [0.15, 0.2) is 0 Å². The summed E-state index contributed by atoms with van der Waals surface area (Å²) in [6.45, 7) is 1.09. The monoisotopic (exact) mass is 274 g/mol. The maximum absolute atomic E-state index is 12.1. The third-order valence-electron chi connectivity index (χ3n) is 4.35. The van der Waals surface area contributed by atoms with Gasteiger partial charge >= 0.3 is 0 Å². The third-order valence-corrected chi connectivity index (χ3v) is 7.06. The molecule has 0 amide bonds. The lowest BCUT2D eigenvalue weighted by molar-refractivity contribution is -0.131. The van der Waals surface area contributed by atoms with Crippen LogP contribution in [0.5, 0.6) is 0 Å². The molecule has 2 bridgehead atoms. The Labute approximate surface area is 107 Å². The summed E-state index contributed by atoms with van der Waals surface area (Å²) in [5.74, 6) is -0.00692. The lowest BCUT2D eigenvalue weighted by Gasteiger charge is -2.27. The summed E-state index contributed by atoms with van der Waals surface area (Å²) in [5, 5.41) is -0.564. The highest BCUT2D eigenvalue weighted by atomic mass is 32.2. The molecule has 0 aliphatic carbocycles. The van der Waals surface area contributed by atoms with Gasteiger partial charge in [0.1, 0.15) is 5.78 Å². The molecule has 18 heavy (non-hydrogen) atoms. The number of hydrogen-bond donors (Lipinski definition) is 0. The average Bonchev–Trinajstić information content (AvgIpc) is 2.82. The van der Waals surface area contributed by atoms with Crippen molar-refractivity contribution in [2.45, 2.75) is 48.9 Å². The molecule has 3 fully saturated rings. The van der Waals surface area contributed by atoms with E-state index in [1.807, 2.05) is 0 Å². The van der Waals surface area contributed by atoms with E-state index >= 15 is 0 Å². The first-order chi connectivity index (χ1) is 8.57. The molecule has 0 N–H and O–H groups in total. The number of hydrogen-bond acceptors (Lipinski definition) is 5. The van der Waals surface area contributed by atoms with Crippen LogP contribution in [0.4, 0.5) is 0 Å². The number of carbonyl (C=O) groups is 1. The van der Waals surface area contributed by atoms with E-state index in [-0.39, 0.29) is 28.6 Å². The van der Waals surface area contributed by atoms with Crippen molar-refractivity contribution < 1.29 is 22.7 Å². The fraction of sp³-hybridized carbons (Fsp3) is 0.917. The van der Waals surface area contributed by atoms with Crippen molar-refractivity contribution in [1.82, 2.24) is 0 Å². The Morgan fingerprint density at radius 2 is 1.61 bits per heavy atom. The zero-order valence-corrected chi connectivity index (χ0v) is 11.0. The molecule has 0 radical (unpaired) electrons. The van der Waals surface area contributed by atoms with Crippen LogP contribution in [0.3, 0.4) is 0 Å². The summed E-state index contributed by atoms with van der Waals surface area (Å²) in [6.07, 6.45) is 2.33. The Morgan fingerprint density at radius 1 is 1.06 bits per heavy atom. The van der Waals surface area contributed by atoms with Gasteiger partial charge in [-0.3, -0.25) is 4.79 Å². The molecule has 3 rings (SSSR count). The normalized spacial score (nSPS) is 39.0. The molecule has 3 heterocycles. The highest BCUT2D eigenvalue weighted by Gasteiger charge is 2.48. The van der Waals surface area contributed by atoms with E-state index < -0.39 is 16.1 Å². The van der Waals surface area contributed by atoms with Crippen LogP contribution in [-0.4, -0.2) is 44.2 Å². The van der Waals surface area contributed by atoms with Crippen molar-refractivity contribution in [2.75, 3.05) is 13.2 Å². The molecule has 2 atom stereocenters. The number of ketones is 1. The van der Waals surface area contributed by atoms with Gasteiger partial charge in [0.25, 0.3) is 0 Å². The number of Topliss-reactive ketones (excluding diaryl/α,β-unsaturated/α-hetero) is 1. The van der Waals surface area contributed by atoms with Gasteiger partial charge in [-0.25, -0.2) is 8.42 Å². The molecular formula is C12H18O5S. The average molecular weight is 274 g/mol. The molecule has 3 aliphatic rings. The van der Waals surface area contributed by atoms with Gasteiger partial charge in [0.15, 0.2) is 16.1 Å². The lowest BCUT2D eigenvalue weighted by Crippen LogP contribution is -2.37. The molecule has 0 aromatic heterocycles. The van der Waals surface area contributed by atoms with Gasteiger partial charge in [0, 0.05) is 5.92 Å². The quantitative estimate of drug-likeness (QED) is 0.756. The van der Waals surface area contributed by atoms with E-state index in [9.17, 15) is 13.2 Å². The number of rotatable bonds is 3. The van der Waals surface area contributed by atoms with Crippen molar-refractivity contribution in [2.24, 2.45) is 5.92 Å². The number of fused-ring (bicyclic) bond motifs is 2. The molecule has 3 saturated heterocycles. The van der Waals surface area contributed by atoms with Gasteiger partial charge in [-0.1, -0.05) is 0 Å². The summed E-state index contributed by atoms with van der Waals surface area (Å²) < 4.78 is 34.4. The standard InChI is InChI=1S/C12H18O5S/c13-11(7-12-16-3-4-17-12)8-5-9-1-2-10(6-8)18(9,14)15/h8-10,12H,1-7H2. The Balaban J connectivity index is 1.63. The van der Waals surface area contributed by atoms with Gasteiger partial charge in [0.2, 0.25) is 0 Å². The van der Waals surface area contributed by atoms with Crippen molar-refractivity contribution in [3.05, 3.63) is 0 Å². The molecule has 2 unspecified atom stereocenters. The molecule has 102 valence electrons. The Kier molecular flexibility index (Phi) is 3.20. The fourth-order valence-corrected chi connectivity index (χ4v) is 5.80. The maximum atomic E-state index is 12.1. The fourth-order valence-electron chi connectivity index (χ4n) is 3.33. The van der Waals surface area contributed by atoms with Gasteiger partial charge in [-0.15, -0.1) is 0 Å². The zero-order valence-electron chi connectivity index (χ0n) is 10.2. The molecule has 0 saturated carbocycles. The van der Waals surface area contributed by atoms with E-state index in [4.69, 9.17) is 9.47 Å². The van der Waals surface area contributed by atoms with Gasteiger partial charge < -0.3 is 9.47 Å². The number of sulfone groups is 1. The predicted octanol–water partition coefficient (Wildman–Crippen LogP) is 0.674. The molecule has 3 aliphatic heterocycles. The Hall–Kier alpha value is -0.460. The van der Waals surface area contributed by atoms with Gasteiger partial charge in [0.05, 0.1) is 30.1 Å². The second kappa shape index (κ2) is 4.58. The van der Waals surface area contributed by atoms with E-state index in [2.05, 4.69) is 0 Å². The van der Waals surface area contributed by atoms with Crippen LogP contribution in [-0.2, 0) is 24.1 Å². The van der Waals surface area contributed by atoms with E-state index in [0.29, 0.717) is 26.1 Å². The molecule has 0 aromatic rings. The zero-order chi connectivity index (χ0) is 12.8. The van der Waals surface area contributed by atoms with Crippen molar-refractivity contribution in [1.29, 1.82) is 0 Å². The van der Waals surface area contributed by atoms with Crippen LogP contribution < -0.4 is 0 Å². The van der Waals surface area contributed by atoms with Crippen LogP contribution >= 0.6 is 0 Å². The third kappa shape index (κ3) is 2.10. The van der Waals surface area contributed by atoms with E-state index in [1.54, 1.807) is 0 Å². The first-order valence-electron chi connectivity index (χ1n) is 6.56. The first kappa shape index (κ1) is 12.6. The number of carbonyl (C=O) groups excluding carboxylic acids is 1. The largest absolute Gasteiger partial charge is 0.350 e. The van der Waals surface area contributed by atoms with Gasteiger partial charge in [-0.05, 0) is 25.7 Å². The van der Waals surface area contributed by atoms with E-state index in [0.717, 1.165) is 12.8 Å². The summed E-state index contributed by atoms with van der Waals surface area (Å²) in [6, 6.07) is 0. The highest BCUT2D eigenvalue weighted by Crippen LogP contribution is 2.41. The summed E-state index contributed by atoms with van der Waals surface area (Å²) in [7, 11) is -2.94. The Morgan fingerprint density at radius 3 is 2.17 bits per heavy atom. The Bertz CT molecular complexity index is 417. The van der Waals surface area contributed by atoms with Crippen LogP contribution in [0, 0.1) is 5.92 Å². The minimum atomic E-state index is -2.94. The highest BCUT2D eigenvalue weighted by molar-refractivity contribution is 7.93. The lowest BCUT2D eigenvalue weighted by atomic mass is 9.92. The molecule has 5 nitrogen and oxygen atoms in total. The summed E-state index contributed by atoms with van der Waals surface area (Å²) in [4.78, 5) is 12.1. The number of ether oxygens (including phenoxy) is 2. The smallest absolute Gasteiger partial charge is 0.164 e. The van der Waals surface area contributed by atoms with Crippen molar-refractivity contribution in [3.63, 3.8) is 0 Å². The topological polar surface area (TPSA) is 69.7 Å². The summed E-state index contributed by atoms with van der Waals surface area (Å²) in [5.41, 5.74) is 0. The van der Waals surface area contributed by atoms with Gasteiger partial charge in [-0.2, -0.15) is 0 Å². The molecule has 0 aromatic carbocycles.